The maximum atomic E-state index is 5.81. The van der Waals surface area contributed by atoms with Crippen LogP contribution < -0.4 is 4.74 Å². The molecule has 0 aliphatic carbocycles. The lowest BCUT2D eigenvalue weighted by molar-refractivity contribution is 0.319. The van der Waals surface area contributed by atoms with Crippen molar-refractivity contribution >= 4 is 0 Å². The predicted octanol–water partition coefficient (Wildman–Crippen LogP) is 4.52. The van der Waals surface area contributed by atoms with E-state index in [9.17, 15) is 0 Å². The summed E-state index contributed by atoms with van der Waals surface area (Å²) in [5.41, 5.74) is 3.46. The van der Waals surface area contributed by atoms with Crippen molar-refractivity contribution in [3.63, 3.8) is 0 Å². The van der Waals surface area contributed by atoms with E-state index in [-0.39, 0.29) is 5.41 Å². The van der Waals surface area contributed by atoms with Gasteiger partial charge < -0.3 is 9.15 Å². The molecule has 2 aromatic rings. The molecule has 0 aliphatic heterocycles. The molecule has 0 atom stereocenters. The number of aromatic nitrogens is 1. The molecule has 0 unspecified atom stereocenters. The maximum Gasteiger partial charge on any atom is 0.199 e. The third-order valence-corrected chi connectivity index (χ3v) is 3.62. The summed E-state index contributed by atoms with van der Waals surface area (Å²) < 4.78 is 11.6. The van der Waals surface area contributed by atoms with Crippen molar-refractivity contribution in [2.75, 3.05) is 6.61 Å². The number of oxazole rings is 1. The first-order chi connectivity index (χ1) is 9.77. The summed E-state index contributed by atoms with van der Waals surface area (Å²) >= 11 is 0. The second-order valence-corrected chi connectivity index (χ2v) is 6.62. The van der Waals surface area contributed by atoms with Crippen molar-refractivity contribution in [1.82, 2.24) is 4.98 Å². The van der Waals surface area contributed by atoms with E-state index in [1.807, 2.05) is 13.0 Å². The van der Waals surface area contributed by atoms with Crippen LogP contribution in [-0.2, 0) is 11.8 Å². The van der Waals surface area contributed by atoms with Gasteiger partial charge in [0, 0.05) is 11.8 Å². The van der Waals surface area contributed by atoms with E-state index in [0.29, 0.717) is 6.61 Å². The first-order valence-electron chi connectivity index (χ1n) is 7.44. The van der Waals surface area contributed by atoms with E-state index in [0.717, 1.165) is 29.5 Å². The van der Waals surface area contributed by atoms with E-state index < -0.39 is 0 Å². The van der Waals surface area contributed by atoms with Crippen LogP contribution in [0.5, 0.6) is 5.75 Å². The standard InChI is InChI=1S/C18H25NO2/c1-12-7-8-15(11-13(12)2)20-10-9-16-14(3)21-17(19-16)18(4,5)6/h7-8,11H,9-10H2,1-6H3. The third kappa shape index (κ3) is 3.87. The zero-order valence-electron chi connectivity index (χ0n) is 13.9. The van der Waals surface area contributed by atoms with Crippen LogP contribution in [0.1, 0.15) is 49.2 Å². The Morgan fingerprint density at radius 3 is 2.38 bits per heavy atom. The molecule has 1 heterocycles. The Morgan fingerprint density at radius 2 is 1.81 bits per heavy atom. The van der Waals surface area contributed by atoms with Crippen molar-refractivity contribution in [3.8, 4) is 5.75 Å². The van der Waals surface area contributed by atoms with E-state index >= 15 is 0 Å². The van der Waals surface area contributed by atoms with E-state index in [4.69, 9.17) is 9.15 Å². The lowest BCUT2D eigenvalue weighted by Crippen LogP contribution is -2.11. The highest BCUT2D eigenvalue weighted by atomic mass is 16.5. The summed E-state index contributed by atoms with van der Waals surface area (Å²) in [6, 6.07) is 6.17. The highest BCUT2D eigenvalue weighted by Gasteiger charge is 2.22. The molecule has 0 saturated heterocycles. The first-order valence-corrected chi connectivity index (χ1v) is 7.44. The summed E-state index contributed by atoms with van der Waals surface area (Å²) in [6.07, 6.45) is 0.762. The number of benzene rings is 1. The molecule has 0 N–H and O–H groups in total. The molecule has 0 saturated carbocycles. The zero-order valence-corrected chi connectivity index (χ0v) is 13.9. The van der Waals surface area contributed by atoms with Gasteiger partial charge in [-0.15, -0.1) is 0 Å². The first kappa shape index (κ1) is 15.6. The van der Waals surface area contributed by atoms with Gasteiger partial charge >= 0.3 is 0 Å². The van der Waals surface area contributed by atoms with Crippen LogP contribution in [0.4, 0.5) is 0 Å². The smallest absolute Gasteiger partial charge is 0.199 e. The zero-order chi connectivity index (χ0) is 15.6. The normalized spacial score (nSPS) is 11.7. The Labute approximate surface area is 127 Å². The van der Waals surface area contributed by atoms with Gasteiger partial charge in [0.25, 0.3) is 0 Å². The quantitative estimate of drug-likeness (QED) is 0.829. The summed E-state index contributed by atoms with van der Waals surface area (Å²) in [4.78, 5) is 4.60. The van der Waals surface area contributed by atoms with Crippen molar-refractivity contribution in [2.24, 2.45) is 0 Å². The second kappa shape index (κ2) is 5.92. The van der Waals surface area contributed by atoms with Gasteiger partial charge in [-0.25, -0.2) is 4.98 Å². The van der Waals surface area contributed by atoms with Crippen molar-refractivity contribution in [3.05, 3.63) is 46.7 Å². The highest BCUT2D eigenvalue weighted by molar-refractivity contribution is 5.33. The van der Waals surface area contributed by atoms with Crippen LogP contribution in [0.3, 0.4) is 0 Å². The molecule has 0 radical (unpaired) electrons. The van der Waals surface area contributed by atoms with E-state index in [1.54, 1.807) is 0 Å². The van der Waals surface area contributed by atoms with Gasteiger partial charge in [-0.3, -0.25) is 0 Å². The van der Waals surface area contributed by atoms with Gasteiger partial charge in [-0.05, 0) is 44.0 Å². The predicted molar refractivity (Wildman–Crippen MR) is 85.1 cm³/mol. The second-order valence-electron chi connectivity index (χ2n) is 6.62. The van der Waals surface area contributed by atoms with Gasteiger partial charge in [0.1, 0.15) is 11.5 Å². The average molecular weight is 287 g/mol. The maximum absolute atomic E-state index is 5.81. The van der Waals surface area contributed by atoms with Gasteiger partial charge in [-0.2, -0.15) is 0 Å². The minimum absolute atomic E-state index is 0.0576. The molecule has 3 heteroatoms. The molecule has 114 valence electrons. The van der Waals surface area contributed by atoms with Crippen molar-refractivity contribution in [2.45, 2.75) is 53.4 Å². The average Bonchev–Trinajstić information content (AvgIpc) is 2.75. The molecule has 0 aliphatic rings. The minimum atomic E-state index is -0.0576. The van der Waals surface area contributed by atoms with Crippen LogP contribution >= 0.6 is 0 Å². The van der Waals surface area contributed by atoms with E-state index in [1.165, 1.54) is 11.1 Å². The molecule has 3 nitrogen and oxygen atoms in total. The lowest BCUT2D eigenvalue weighted by atomic mass is 9.97. The number of rotatable bonds is 4. The van der Waals surface area contributed by atoms with Gasteiger partial charge in [-0.1, -0.05) is 26.8 Å². The van der Waals surface area contributed by atoms with Crippen LogP contribution in [0.25, 0.3) is 0 Å². The molecule has 0 fully saturated rings. The Morgan fingerprint density at radius 1 is 1.10 bits per heavy atom. The van der Waals surface area contributed by atoms with Gasteiger partial charge in [0.15, 0.2) is 5.89 Å². The fraction of sp³-hybridized carbons (Fsp3) is 0.500. The van der Waals surface area contributed by atoms with E-state index in [2.05, 4.69) is 51.7 Å². The van der Waals surface area contributed by atoms with Crippen LogP contribution in [0.2, 0.25) is 0 Å². The number of hydrogen-bond donors (Lipinski definition) is 0. The van der Waals surface area contributed by atoms with Gasteiger partial charge in [0.2, 0.25) is 0 Å². The topological polar surface area (TPSA) is 35.3 Å². The molecule has 2 rings (SSSR count). The number of ether oxygens (including phenoxy) is 1. The Hall–Kier alpha value is -1.77. The number of nitrogens with zero attached hydrogens (tertiary/aromatic N) is 1. The van der Waals surface area contributed by atoms with Crippen molar-refractivity contribution < 1.29 is 9.15 Å². The number of aryl methyl sites for hydroxylation is 3. The molecule has 0 spiro atoms. The molecule has 21 heavy (non-hydrogen) atoms. The Bertz CT molecular complexity index is 621. The lowest BCUT2D eigenvalue weighted by Gasteiger charge is -2.12. The summed E-state index contributed by atoms with van der Waals surface area (Å²) in [7, 11) is 0. The molecule has 0 bridgehead atoms. The monoisotopic (exact) mass is 287 g/mol. The van der Waals surface area contributed by atoms with Crippen molar-refractivity contribution in [1.29, 1.82) is 0 Å². The highest BCUT2D eigenvalue weighted by Crippen LogP contribution is 2.24. The molecule has 0 amide bonds. The van der Waals surface area contributed by atoms with Crippen LogP contribution in [0.15, 0.2) is 22.6 Å². The summed E-state index contributed by atoms with van der Waals surface area (Å²) in [5, 5.41) is 0. The number of hydrogen-bond acceptors (Lipinski definition) is 3. The minimum Gasteiger partial charge on any atom is -0.493 e. The summed E-state index contributed by atoms with van der Waals surface area (Å²) in [6.45, 7) is 13.1. The molecule has 1 aromatic carbocycles. The molecular formula is C18H25NO2. The van der Waals surface area contributed by atoms with Crippen LogP contribution in [-0.4, -0.2) is 11.6 Å². The Kier molecular flexibility index (Phi) is 4.40. The Balaban J connectivity index is 1.97. The SMILES string of the molecule is Cc1ccc(OCCc2nc(C(C)(C)C)oc2C)cc1C. The van der Waals surface area contributed by atoms with Crippen LogP contribution in [0, 0.1) is 20.8 Å². The van der Waals surface area contributed by atoms with Gasteiger partial charge in [0.05, 0.1) is 12.3 Å². The molecular weight excluding hydrogens is 262 g/mol. The summed E-state index contributed by atoms with van der Waals surface area (Å²) in [5.74, 6) is 2.60. The largest absolute Gasteiger partial charge is 0.493 e. The third-order valence-electron chi connectivity index (χ3n) is 3.62. The fourth-order valence-corrected chi connectivity index (χ4v) is 2.05. The molecule has 1 aromatic heterocycles. The fourth-order valence-electron chi connectivity index (χ4n) is 2.05.